The number of carbonyl (C=O) groups excluding carboxylic acids is 1. The van der Waals surface area contributed by atoms with Crippen LogP contribution in [0.2, 0.25) is 0 Å². The second-order valence-electron chi connectivity index (χ2n) is 6.37. The molecule has 6 nitrogen and oxygen atoms in total. The average Bonchev–Trinajstić information content (AvgIpc) is 3.00. The molecule has 25 heavy (non-hydrogen) atoms. The Balaban J connectivity index is 1.43. The molecule has 1 amide bonds. The number of rotatable bonds is 3. The zero-order chi connectivity index (χ0) is 17.2. The third-order valence-electron chi connectivity index (χ3n) is 4.74. The van der Waals surface area contributed by atoms with Crippen LogP contribution >= 0.6 is 0 Å². The molecule has 2 aromatic heterocycles. The molecule has 0 bridgehead atoms. The molecule has 0 aliphatic carbocycles. The van der Waals surface area contributed by atoms with Gasteiger partial charge in [0, 0.05) is 36.3 Å². The fourth-order valence-corrected chi connectivity index (χ4v) is 3.34. The minimum Gasteiger partial charge on any atom is -0.451 e. The molecule has 1 aliphatic rings. The van der Waals surface area contributed by atoms with Crippen LogP contribution in [0.5, 0.6) is 0 Å². The van der Waals surface area contributed by atoms with Crippen LogP contribution in [-0.2, 0) is 0 Å². The number of aromatic nitrogens is 2. The highest BCUT2D eigenvalue weighted by atomic mass is 16.3. The molecule has 0 spiro atoms. The topological polar surface area (TPSA) is 71.3 Å². The minimum atomic E-state index is -0.0216. The molecule has 0 radical (unpaired) electrons. The third kappa shape index (κ3) is 3.07. The summed E-state index contributed by atoms with van der Waals surface area (Å²) in [5, 5.41) is 12.3. The van der Waals surface area contributed by atoms with E-state index in [9.17, 15) is 4.79 Å². The van der Waals surface area contributed by atoms with Crippen molar-refractivity contribution in [3.8, 4) is 0 Å². The quantitative estimate of drug-likeness (QED) is 0.795. The van der Waals surface area contributed by atoms with E-state index in [2.05, 4.69) is 15.5 Å². The van der Waals surface area contributed by atoms with E-state index in [1.807, 2.05) is 48.2 Å². The van der Waals surface area contributed by atoms with Crippen LogP contribution in [0.15, 0.2) is 47.0 Å². The van der Waals surface area contributed by atoms with Crippen LogP contribution in [0.1, 0.15) is 29.0 Å². The highest BCUT2D eigenvalue weighted by Gasteiger charge is 2.27. The Kier molecular flexibility index (Phi) is 4.09. The summed E-state index contributed by atoms with van der Waals surface area (Å²) in [6.07, 6.45) is 3.41. The van der Waals surface area contributed by atoms with Gasteiger partial charge in [0.05, 0.1) is 0 Å². The Labute approximate surface area is 145 Å². The van der Waals surface area contributed by atoms with Crippen LogP contribution < -0.4 is 5.32 Å². The lowest BCUT2D eigenvalue weighted by Gasteiger charge is -2.32. The Morgan fingerprint density at radius 3 is 2.72 bits per heavy atom. The Hall–Kier alpha value is -2.89. The first-order valence-corrected chi connectivity index (χ1v) is 8.54. The second kappa shape index (κ2) is 6.55. The monoisotopic (exact) mass is 336 g/mol. The summed E-state index contributed by atoms with van der Waals surface area (Å²) in [7, 11) is 0. The van der Waals surface area contributed by atoms with Crippen molar-refractivity contribution in [1.82, 2.24) is 15.1 Å². The van der Waals surface area contributed by atoms with Crippen molar-refractivity contribution >= 4 is 22.7 Å². The lowest BCUT2D eigenvalue weighted by atomic mass is 10.0. The van der Waals surface area contributed by atoms with Gasteiger partial charge in [0.25, 0.3) is 5.91 Å². The van der Waals surface area contributed by atoms with Gasteiger partial charge >= 0.3 is 0 Å². The predicted octanol–water partition coefficient (Wildman–Crippen LogP) is 3.25. The molecule has 1 aliphatic heterocycles. The number of piperidine rings is 1. The molecule has 0 atom stereocenters. The third-order valence-corrected chi connectivity index (χ3v) is 4.74. The van der Waals surface area contributed by atoms with E-state index in [1.54, 1.807) is 6.20 Å². The van der Waals surface area contributed by atoms with Gasteiger partial charge in [-0.15, -0.1) is 5.10 Å². The number of anilines is 1. The fraction of sp³-hybridized carbons (Fsp3) is 0.316. The van der Waals surface area contributed by atoms with E-state index >= 15 is 0 Å². The molecular formula is C19H20N4O2. The van der Waals surface area contributed by atoms with Gasteiger partial charge in [0.15, 0.2) is 5.76 Å². The SMILES string of the molecule is Cc1c(C(=O)N2CCC(Nc3cccnn3)CC2)oc2ccccc12. The number of fused-ring (bicyclic) bond motifs is 1. The van der Waals surface area contributed by atoms with Crippen LogP contribution in [0.25, 0.3) is 11.0 Å². The van der Waals surface area contributed by atoms with E-state index in [1.165, 1.54) is 0 Å². The molecule has 0 saturated carbocycles. The number of para-hydroxylation sites is 1. The zero-order valence-corrected chi connectivity index (χ0v) is 14.1. The molecule has 6 heteroatoms. The van der Waals surface area contributed by atoms with E-state index in [0.717, 1.165) is 35.2 Å². The maximum absolute atomic E-state index is 12.8. The Bertz CT molecular complexity index is 883. The number of nitrogens with one attached hydrogen (secondary N) is 1. The molecule has 3 aromatic rings. The number of aryl methyl sites for hydroxylation is 1. The molecule has 1 fully saturated rings. The number of nitrogens with zero attached hydrogens (tertiary/aromatic N) is 3. The molecule has 4 rings (SSSR count). The first-order chi connectivity index (χ1) is 12.2. The van der Waals surface area contributed by atoms with Gasteiger partial charge in [-0.2, -0.15) is 5.10 Å². The van der Waals surface area contributed by atoms with Gasteiger partial charge in [0.1, 0.15) is 11.4 Å². The summed E-state index contributed by atoms with van der Waals surface area (Å²) in [5.41, 5.74) is 1.68. The van der Waals surface area contributed by atoms with Gasteiger partial charge in [-0.25, -0.2) is 0 Å². The summed E-state index contributed by atoms with van der Waals surface area (Å²) in [5.74, 6) is 1.22. The number of hydrogen-bond donors (Lipinski definition) is 1. The smallest absolute Gasteiger partial charge is 0.289 e. The summed E-state index contributed by atoms with van der Waals surface area (Å²) in [6.45, 7) is 3.35. The highest BCUT2D eigenvalue weighted by molar-refractivity contribution is 5.98. The molecule has 0 unspecified atom stereocenters. The summed E-state index contributed by atoms with van der Waals surface area (Å²) in [4.78, 5) is 14.7. The van der Waals surface area contributed by atoms with E-state index in [-0.39, 0.29) is 5.91 Å². The van der Waals surface area contributed by atoms with E-state index in [0.29, 0.717) is 24.9 Å². The number of benzene rings is 1. The van der Waals surface area contributed by atoms with Gasteiger partial charge < -0.3 is 14.6 Å². The maximum atomic E-state index is 12.8. The maximum Gasteiger partial charge on any atom is 0.289 e. The number of carbonyl (C=O) groups is 1. The lowest BCUT2D eigenvalue weighted by molar-refractivity contribution is 0.0687. The molecule has 1 saturated heterocycles. The summed E-state index contributed by atoms with van der Waals surface area (Å²) in [6, 6.07) is 11.8. The van der Waals surface area contributed by atoms with Crippen molar-refractivity contribution in [1.29, 1.82) is 0 Å². The van der Waals surface area contributed by atoms with Crippen molar-refractivity contribution in [2.75, 3.05) is 18.4 Å². The molecule has 1 aromatic carbocycles. The number of hydrogen-bond acceptors (Lipinski definition) is 5. The van der Waals surface area contributed by atoms with Crippen LogP contribution in [-0.4, -0.2) is 40.1 Å². The summed E-state index contributed by atoms with van der Waals surface area (Å²) < 4.78 is 5.81. The average molecular weight is 336 g/mol. The standard InChI is InChI=1S/C19H20N4O2/c1-13-15-5-2-3-6-16(15)25-18(13)19(24)23-11-8-14(9-12-23)21-17-7-4-10-20-22-17/h2-7,10,14H,8-9,11-12H2,1H3,(H,21,22). The number of likely N-dealkylation sites (tertiary alicyclic amines) is 1. The second-order valence-corrected chi connectivity index (χ2v) is 6.37. The van der Waals surface area contributed by atoms with Crippen molar-refractivity contribution in [2.24, 2.45) is 0 Å². The molecule has 1 N–H and O–H groups in total. The van der Waals surface area contributed by atoms with Crippen molar-refractivity contribution < 1.29 is 9.21 Å². The van der Waals surface area contributed by atoms with Crippen molar-refractivity contribution in [2.45, 2.75) is 25.8 Å². The zero-order valence-electron chi connectivity index (χ0n) is 14.1. The lowest BCUT2D eigenvalue weighted by Crippen LogP contribution is -2.42. The normalized spacial score (nSPS) is 15.5. The van der Waals surface area contributed by atoms with Gasteiger partial charge in [-0.3, -0.25) is 4.79 Å². The number of furan rings is 1. The Morgan fingerprint density at radius 2 is 2.00 bits per heavy atom. The van der Waals surface area contributed by atoms with Crippen molar-refractivity contribution in [3.05, 3.63) is 53.9 Å². The molecule has 128 valence electrons. The van der Waals surface area contributed by atoms with Crippen LogP contribution in [0, 0.1) is 6.92 Å². The van der Waals surface area contributed by atoms with Gasteiger partial charge in [0.2, 0.25) is 0 Å². The van der Waals surface area contributed by atoms with Gasteiger partial charge in [-0.1, -0.05) is 18.2 Å². The number of amides is 1. The minimum absolute atomic E-state index is 0.0216. The van der Waals surface area contributed by atoms with Crippen LogP contribution in [0.3, 0.4) is 0 Å². The molecule has 3 heterocycles. The largest absolute Gasteiger partial charge is 0.451 e. The fourth-order valence-electron chi connectivity index (χ4n) is 3.34. The predicted molar refractivity (Wildman–Crippen MR) is 95.5 cm³/mol. The van der Waals surface area contributed by atoms with Crippen molar-refractivity contribution in [3.63, 3.8) is 0 Å². The van der Waals surface area contributed by atoms with Crippen LogP contribution in [0.4, 0.5) is 5.82 Å². The molecular weight excluding hydrogens is 316 g/mol. The van der Waals surface area contributed by atoms with E-state index in [4.69, 9.17) is 4.42 Å². The highest BCUT2D eigenvalue weighted by Crippen LogP contribution is 2.27. The summed E-state index contributed by atoms with van der Waals surface area (Å²) >= 11 is 0. The van der Waals surface area contributed by atoms with E-state index < -0.39 is 0 Å². The first kappa shape index (κ1) is 15.6. The van der Waals surface area contributed by atoms with Gasteiger partial charge in [-0.05, 0) is 38.0 Å². The first-order valence-electron chi connectivity index (χ1n) is 8.54. The Morgan fingerprint density at radius 1 is 1.20 bits per heavy atom.